The highest BCUT2D eigenvalue weighted by Gasteiger charge is 2.45. The molecular formula is C26H25F2N3O4S. The Hall–Kier alpha value is -3.53. The number of nitrogens with zero attached hydrogens (tertiary/aromatic N) is 3. The van der Waals surface area contributed by atoms with Crippen molar-refractivity contribution in [2.45, 2.75) is 23.7 Å². The molecule has 1 fully saturated rings. The Kier molecular flexibility index (Phi) is 5.74. The van der Waals surface area contributed by atoms with E-state index < -0.39 is 15.8 Å². The quantitative estimate of drug-likeness (QED) is 0.381. The predicted molar refractivity (Wildman–Crippen MR) is 133 cm³/mol. The summed E-state index contributed by atoms with van der Waals surface area (Å²) in [6, 6.07) is 9.94. The summed E-state index contributed by atoms with van der Waals surface area (Å²) in [5, 5.41) is 5.28. The summed E-state index contributed by atoms with van der Waals surface area (Å²) in [5.41, 5.74) is 2.55. The Morgan fingerprint density at radius 3 is 2.42 bits per heavy atom. The first-order valence-electron chi connectivity index (χ1n) is 11.4. The van der Waals surface area contributed by atoms with Gasteiger partial charge >= 0.3 is 0 Å². The maximum atomic E-state index is 13.3. The first-order chi connectivity index (χ1) is 16.9. The highest BCUT2D eigenvalue weighted by atomic mass is 32.2. The first-order valence-corrected chi connectivity index (χ1v) is 13.3. The van der Waals surface area contributed by atoms with Gasteiger partial charge in [0.25, 0.3) is 5.56 Å². The number of benzene rings is 2. The minimum Gasteiger partial charge on any atom is -0.493 e. The van der Waals surface area contributed by atoms with E-state index in [-0.39, 0.29) is 35.8 Å². The van der Waals surface area contributed by atoms with E-state index in [2.05, 4.69) is 5.10 Å². The van der Waals surface area contributed by atoms with E-state index in [1.54, 1.807) is 36.3 Å². The Bertz CT molecular complexity index is 1650. The van der Waals surface area contributed by atoms with Crippen molar-refractivity contribution in [3.8, 4) is 28.0 Å². The predicted octanol–water partition coefficient (Wildman–Crippen LogP) is 4.43. The minimum absolute atomic E-state index is 0.0884. The van der Waals surface area contributed by atoms with E-state index in [1.165, 1.54) is 16.7 Å². The van der Waals surface area contributed by atoms with Crippen LogP contribution in [0, 0.1) is 5.92 Å². The van der Waals surface area contributed by atoms with Crippen molar-refractivity contribution < 1.29 is 21.9 Å². The van der Waals surface area contributed by atoms with Gasteiger partial charge in [-0.15, -0.1) is 0 Å². The average molecular weight is 514 g/mol. The molecule has 0 saturated heterocycles. The summed E-state index contributed by atoms with van der Waals surface area (Å²) in [6.07, 6.45) is 5.86. The van der Waals surface area contributed by atoms with Gasteiger partial charge in [-0.2, -0.15) is 5.10 Å². The zero-order valence-corrected chi connectivity index (χ0v) is 20.9. The topological polar surface area (TPSA) is 83.2 Å². The van der Waals surface area contributed by atoms with Crippen molar-refractivity contribution in [1.29, 1.82) is 0 Å². The molecule has 0 amide bonds. The summed E-state index contributed by atoms with van der Waals surface area (Å²) >= 11 is 0. The third kappa shape index (κ3) is 4.53. The minimum atomic E-state index is -3.54. The highest BCUT2D eigenvalue weighted by Crippen LogP contribution is 2.43. The van der Waals surface area contributed by atoms with Crippen LogP contribution >= 0.6 is 0 Å². The normalized spacial score (nSPS) is 15.7. The van der Waals surface area contributed by atoms with Crippen LogP contribution < -0.4 is 10.3 Å². The van der Waals surface area contributed by atoms with Gasteiger partial charge in [-0.3, -0.25) is 9.48 Å². The standard InChI is InChI=1S/C26H25F2N3O4S/c1-30-14-23(21-8-17(4-6-20(21)25(30)32)18-12-29-31(2)13-18)22-9-19(36(3,33)34)5-7-24(22)35-15-16-10-26(27,28)11-16/h4-9,12-14,16H,10-11,15H2,1-3H3. The van der Waals surface area contributed by atoms with Crippen LogP contribution in [0.3, 0.4) is 0 Å². The maximum Gasteiger partial charge on any atom is 0.258 e. The fourth-order valence-electron chi connectivity index (χ4n) is 4.62. The van der Waals surface area contributed by atoms with E-state index in [9.17, 15) is 22.0 Å². The molecule has 36 heavy (non-hydrogen) atoms. The molecule has 4 aromatic rings. The molecule has 0 radical (unpaired) electrons. The van der Waals surface area contributed by atoms with Crippen LogP contribution in [0.15, 0.2) is 64.7 Å². The molecule has 1 aliphatic carbocycles. The second-order valence-electron chi connectivity index (χ2n) is 9.49. The van der Waals surface area contributed by atoms with Crippen LogP contribution in [-0.4, -0.2) is 41.6 Å². The molecular weight excluding hydrogens is 488 g/mol. The van der Waals surface area contributed by atoms with Crippen molar-refractivity contribution in [3.05, 3.63) is 65.3 Å². The molecule has 0 atom stereocenters. The lowest BCUT2D eigenvalue weighted by Gasteiger charge is -2.34. The largest absolute Gasteiger partial charge is 0.493 e. The van der Waals surface area contributed by atoms with Crippen LogP contribution in [0.1, 0.15) is 12.8 Å². The number of hydrogen-bond donors (Lipinski definition) is 0. The van der Waals surface area contributed by atoms with Crippen molar-refractivity contribution in [1.82, 2.24) is 14.3 Å². The van der Waals surface area contributed by atoms with Crippen LogP contribution in [0.4, 0.5) is 8.78 Å². The van der Waals surface area contributed by atoms with Gasteiger partial charge in [0.15, 0.2) is 9.84 Å². The van der Waals surface area contributed by atoms with E-state index in [0.717, 1.165) is 17.4 Å². The van der Waals surface area contributed by atoms with Gasteiger partial charge in [0.05, 0.1) is 17.7 Å². The van der Waals surface area contributed by atoms with E-state index in [0.29, 0.717) is 27.6 Å². The van der Waals surface area contributed by atoms with Gasteiger partial charge in [-0.25, -0.2) is 17.2 Å². The molecule has 2 aromatic carbocycles. The van der Waals surface area contributed by atoms with Crippen LogP contribution in [0.2, 0.25) is 0 Å². The molecule has 0 unspecified atom stereocenters. The molecule has 2 aromatic heterocycles. The lowest BCUT2D eigenvalue weighted by atomic mass is 9.82. The van der Waals surface area contributed by atoms with Crippen molar-refractivity contribution in [2.75, 3.05) is 12.9 Å². The van der Waals surface area contributed by atoms with Crippen molar-refractivity contribution >= 4 is 20.6 Å². The number of sulfone groups is 1. The smallest absolute Gasteiger partial charge is 0.258 e. The number of halogens is 2. The fourth-order valence-corrected chi connectivity index (χ4v) is 5.26. The molecule has 188 valence electrons. The van der Waals surface area contributed by atoms with Gasteiger partial charge < -0.3 is 9.30 Å². The van der Waals surface area contributed by atoms with E-state index in [1.807, 2.05) is 25.4 Å². The number of fused-ring (bicyclic) bond motifs is 1. The fraction of sp³-hybridized carbons (Fsp3) is 0.308. The zero-order chi connectivity index (χ0) is 25.8. The molecule has 1 aliphatic rings. The zero-order valence-electron chi connectivity index (χ0n) is 20.0. The second-order valence-corrected chi connectivity index (χ2v) is 11.5. The van der Waals surface area contributed by atoms with Gasteiger partial charge in [0.1, 0.15) is 5.75 Å². The number of pyridine rings is 1. The van der Waals surface area contributed by atoms with Crippen molar-refractivity contribution in [2.24, 2.45) is 20.0 Å². The molecule has 0 spiro atoms. The van der Waals surface area contributed by atoms with E-state index >= 15 is 0 Å². The van der Waals surface area contributed by atoms with Gasteiger partial charge in [0, 0.05) is 73.6 Å². The van der Waals surface area contributed by atoms with Crippen LogP contribution in [0.5, 0.6) is 5.75 Å². The molecule has 1 saturated carbocycles. The molecule has 0 bridgehead atoms. The molecule has 0 N–H and O–H groups in total. The summed E-state index contributed by atoms with van der Waals surface area (Å²) < 4.78 is 60.4. The lowest BCUT2D eigenvalue weighted by Crippen LogP contribution is -2.38. The third-order valence-corrected chi connectivity index (χ3v) is 7.65. The summed E-state index contributed by atoms with van der Waals surface area (Å²) in [5.74, 6) is -2.58. The summed E-state index contributed by atoms with van der Waals surface area (Å²) in [4.78, 5) is 13.0. The highest BCUT2D eigenvalue weighted by molar-refractivity contribution is 7.90. The monoisotopic (exact) mass is 513 g/mol. The number of aryl methyl sites for hydroxylation is 2. The molecule has 0 aliphatic heterocycles. The van der Waals surface area contributed by atoms with Gasteiger partial charge in [-0.05, 0) is 41.3 Å². The Morgan fingerprint density at radius 1 is 1.03 bits per heavy atom. The number of hydrogen-bond acceptors (Lipinski definition) is 5. The SMILES string of the molecule is Cn1cc(-c2ccc3c(=O)n(C)cc(-c4cc(S(C)(=O)=O)ccc4OCC4CC(F)(F)C4)c3c2)cn1. The number of alkyl halides is 2. The molecule has 2 heterocycles. The maximum absolute atomic E-state index is 13.3. The van der Waals surface area contributed by atoms with Crippen LogP contribution in [-0.2, 0) is 23.9 Å². The van der Waals surface area contributed by atoms with E-state index in [4.69, 9.17) is 4.74 Å². The van der Waals surface area contributed by atoms with Crippen LogP contribution in [0.25, 0.3) is 33.0 Å². The number of ether oxygens (including phenoxy) is 1. The first kappa shape index (κ1) is 24.2. The lowest BCUT2D eigenvalue weighted by molar-refractivity contribution is -0.119. The Labute approximate surface area is 206 Å². The average Bonchev–Trinajstić information content (AvgIpc) is 3.24. The molecule has 7 nitrogen and oxygen atoms in total. The Balaban J connectivity index is 1.68. The molecule has 5 rings (SSSR count). The molecule has 10 heteroatoms. The van der Waals surface area contributed by atoms with Gasteiger partial charge in [-0.1, -0.05) is 6.07 Å². The Morgan fingerprint density at radius 2 is 1.78 bits per heavy atom. The summed E-state index contributed by atoms with van der Waals surface area (Å²) in [6.45, 7) is 0.0887. The number of aromatic nitrogens is 3. The number of rotatable bonds is 6. The third-order valence-electron chi connectivity index (χ3n) is 6.54. The van der Waals surface area contributed by atoms with Crippen molar-refractivity contribution in [3.63, 3.8) is 0 Å². The van der Waals surface area contributed by atoms with Gasteiger partial charge in [0.2, 0.25) is 5.92 Å². The second kappa shape index (κ2) is 8.55. The summed E-state index contributed by atoms with van der Waals surface area (Å²) in [7, 11) is -0.112.